The van der Waals surface area contributed by atoms with E-state index in [1.54, 1.807) is 0 Å². The number of methoxy groups -OCH3 is 1. The largest absolute Gasteiger partial charge is 0.507 e. The summed E-state index contributed by atoms with van der Waals surface area (Å²) in [5.41, 5.74) is -0.458. The summed E-state index contributed by atoms with van der Waals surface area (Å²) in [6, 6.07) is 6.98. The van der Waals surface area contributed by atoms with Crippen molar-refractivity contribution in [2.75, 3.05) is 13.7 Å². The summed E-state index contributed by atoms with van der Waals surface area (Å²) in [6.07, 6.45) is -7.56. The van der Waals surface area contributed by atoms with Gasteiger partial charge in [-0.05, 0) is 30.3 Å². The lowest BCUT2D eigenvalue weighted by atomic mass is 9.99. The molecule has 6 N–H and O–H groups in total. The molecule has 0 amide bonds. The fourth-order valence-electron chi connectivity index (χ4n) is 3.16. The Hall–Kier alpha value is -3.22. The second-order valence-corrected chi connectivity index (χ2v) is 7.04. The number of carbonyl (C=O) groups is 2. The first-order chi connectivity index (χ1) is 15.2. The number of phenols is 2. The maximum atomic E-state index is 12.5. The molecule has 2 aromatic rings. The molecule has 11 nitrogen and oxygen atoms in total. The molecular weight excluding hydrogens is 428 g/mol. The van der Waals surface area contributed by atoms with Crippen molar-refractivity contribution in [2.24, 2.45) is 0 Å². The number of carbonyl (C=O) groups excluding carboxylic acids is 2. The predicted octanol–water partition coefficient (Wildman–Crippen LogP) is -0.649. The molecule has 3 rings (SSSR count). The molecule has 0 aromatic heterocycles. The molecule has 1 heterocycles. The minimum Gasteiger partial charge on any atom is -0.507 e. The monoisotopic (exact) mass is 450 g/mol. The van der Waals surface area contributed by atoms with Crippen LogP contribution in [0.2, 0.25) is 0 Å². The second kappa shape index (κ2) is 9.51. The van der Waals surface area contributed by atoms with Gasteiger partial charge in [0.25, 0.3) is 0 Å². The van der Waals surface area contributed by atoms with Gasteiger partial charge in [-0.1, -0.05) is 0 Å². The van der Waals surface area contributed by atoms with Crippen LogP contribution in [-0.2, 0) is 4.74 Å². The average molecular weight is 450 g/mol. The van der Waals surface area contributed by atoms with Crippen LogP contribution in [0.1, 0.15) is 20.7 Å². The summed E-state index contributed by atoms with van der Waals surface area (Å²) < 4.78 is 15.5. The van der Waals surface area contributed by atoms with Crippen molar-refractivity contribution in [3.63, 3.8) is 0 Å². The molecule has 0 aliphatic carbocycles. The van der Waals surface area contributed by atoms with Gasteiger partial charge in [-0.2, -0.15) is 0 Å². The third kappa shape index (κ3) is 4.52. The van der Waals surface area contributed by atoms with Crippen molar-refractivity contribution < 1.29 is 54.4 Å². The first-order valence-corrected chi connectivity index (χ1v) is 9.44. The van der Waals surface area contributed by atoms with E-state index in [0.29, 0.717) is 0 Å². The van der Waals surface area contributed by atoms with Crippen molar-refractivity contribution in [1.82, 2.24) is 0 Å². The van der Waals surface area contributed by atoms with Crippen LogP contribution < -0.4 is 9.47 Å². The average Bonchev–Trinajstić information content (AvgIpc) is 2.78. The molecule has 0 spiro atoms. The van der Waals surface area contributed by atoms with E-state index in [1.807, 2.05) is 0 Å². The summed E-state index contributed by atoms with van der Waals surface area (Å²) >= 11 is 0. The number of benzene rings is 2. The van der Waals surface area contributed by atoms with Gasteiger partial charge in [0.2, 0.25) is 17.9 Å². The number of aliphatic hydroxyl groups excluding tert-OH is 4. The van der Waals surface area contributed by atoms with E-state index in [0.717, 1.165) is 18.2 Å². The van der Waals surface area contributed by atoms with Gasteiger partial charge in [-0.15, -0.1) is 0 Å². The number of phenolic OH excluding ortho intramolecular Hbond substituents is 2. The number of aromatic hydroxyl groups is 2. The topological polar surface area (TPSA) is 183 Å². The molecule has 1 aliphatic heterocycles. The molecular formula is C21H22O11. The summed E-state index contributed by atoms with van der Waals surface area (Å²) in [6.45, 7) is -0.646. The van der Waals surface area contributed by atoms with Crippen molar-refractivity contribution in [1.29, 1.82) is 0 Å². The van der Waals surface area contributed by atoms with E-state index in [2.05, 4.69) is 0 Å². The Labute approximate surface area is 181 Å². The first-order valence-electron chi connectivity index (χ1n) is 9.44. The van der Waals surface area contributed by atoms with Crippen molar-refractivity contribution in [2.45, 2.75) is 30.7 Å². The lowest BCUT2D eigenvalue weighted by Gasteiger charge is -2.39. The van der Waals surface area contributed by atoms with Crippen LogP contribution in [0.3, 0.4) is 0 Å². The maximum Gasteiger partial charge on any atom is 0.237 e. The molecule has 0 bridgehead atoms. The van der Waals surface area contributed by atoms with Crippen LogP contribution in [0.15, 0.2) is 36.4 Å². The second-order valence-electron chi connectivity index (χ2n) is 7.04. The first kappa shape index (κ1) is 23.4. The number of rotatable bonds is 7. The van der Waals surface area contributed by atoms with E-state index in [9.17, 15) is 40.2 Å². The fraction of sp³-hybridized carbons (Fsp3) is 0.333. The van der Waals surface area contributed by atoms with Crippen LogP contribution in [-0.4, -0.2) is 86.6 Å². The van der Waals surface area contributed by atoms with Crippen molar-refractivity contribution in [3.8, 4) is 23.0 Å². The van der Waals surface area contributed by atoms with Crippen LogP contribution in [0, 0.1) is 0 Å². The molecule has 1 aliphatic rings. The summed E-state index contributed by atoms with van der Waals surface area (Å²) in [5, 5.41) is 58.9. The summed E-state index contributed by atoms with van der Waals surface area (Å²) in [5.74, 6) is -2.95. The molecule has 2 aromatic carbocycles. The van der Waals surface area contributed by atoms with Gasteiger partial charge < -0.3 is 44.8 Å². The highest BCUT2D eigenvalue weighted by Crippen LogP contribution is 2.30. The number of hydrogen-bond donors (Lipinski definition) is 6. The maximum absolute atomic E-state index is 12.5. The minimum absolute atomic E-state index is 0.0853. The van der Waals surface area contributed by atoms with Crippen molar-refractivity contribution >= 4 is 11.6 Å². The smallest absolute Gasteiger partial charge is 0.237 e. The number of ether oxygens (including phenoxy) is 3. The van der Waals surface area contributed by atoms with E-state index < -0.39 is 54.6 Å². The summed E-state index contributed by atoms with van der Waals surface area (Å²) in [7, 11) is 1.33. The lowest BCUT2D eigenvalue weighted by molar-refractivity contribution is -0.277. The van der Waals surface area contributed by atoms with E-state index in [4.69, 9.17) is 14.2 Å². The molecule has 0 radical (unpaired) electrons. The van der Waals surface area contributed by atoms with E-state index in [1.165, 1.54) is 25.3 Å². The Bertz CT molecular complexity index is 1000. The van der Waals surface area contributed by atoms with Crippen LogP contribution in [0.5, 0.6) is 23.0 Å². The quantitative estimate of drug-likeness (QED) is 0.233. The molecule has 0 unspecified atom stereocenters. The Balaban J connectivity index is 1.76. The standard InChI is InChI=1S/C21H22O11/c1-30-14-5-2-9(6-13(14)24)16(25)17(26)11-4-3-10(7-12(11)23)31-21-20(29)19(28)18(27)15(8-22)32-21/h2-7,15,18-24,27-29H,8H2,1H3/t15-,18-,19+,20-,21-/m1/s1. The summed E-state index contributed by atoms with van der Waals surface area (Å²) in [4.78, 5) is 25.0. The van der Waals surface area contributed by atoms with Gasteiger partial charge in [0.05, 0.1) is 19.3 Å². The Morgan fingerprint density at radius 1 is 0.938 bits per heavy atom. The van der Waals surface area contributed by atoms with Gasteiger partial charge in [0.1, 0.15) is 35.9 Å². The van der Waals surface area contributed by atoms with Gasteiger partial charge in [0.15, 0.2) is 11.5 Å². The zero-order chi connectivity index (χ0) is 23.6. The highest BCUT2D eigenvalue weighted by atomic mass is 16.7. The van der Waals surface area contributed by atoms with Crippen LogP contribution in [0.4, 0.5) is 0 Å². The van der Waals surface area contributed by atoms with E-state index >= 15 is 0 Å². The number of Topliss-reactive ketones (excluding diaryl/α,β-unsaturated/α-hetero) is 2. The molecule has 32 heavy (non-hydrogen) atoms. The number of ketones is 2. The third-order valence-corrected chi connectivity index (χ3v) is 4.96. The highest BCUT2D eigenvalue weighted by molar-refractivity contribution is 6.49. The molecule has 0 saturated carbocycles. The normalized spacial score (nSPS) is 25.2. The Morgan fingerprint density at radius 3 is 2.25 bits per heavy atom. The minimum atomic E-state index is -1.67. The van der Waals surface area contributed by atoms with Gasteiger partial charge in [-0.3, -0.25) is 9.59 Å². The Kier molecular flexibility index (Phi) is 6.96. The number of aliphatic hydroxyl groups is 4. The zero-order valence-electron chi connectivity index (χ0n) is 16.8. The van der Waals surface area contributed by atoms with Gasteiger partial charge >= 0.3 is 0 Å². The zero-order valence-corrected chi connectivity index (χ0v) is 16.8. The lowest BCUT2D eigenvalue weighted by Crippen LogP contribution is -2.60. The van der Waals surface area contributed by atoms with Gasteiger partial charge in [0, 0.05) is 11.6 Å². The molecule has 1 fully saturated rings. The Morgan fingerprint density at radius 2 is 1.66 bits per heavy atom. The third-order valence-electron chi connectivity index (χ3n) is 4.96. The van der Waals surface area contributed by atoms with E-state index in [-0.39, 0.29) is 28.4 Å². The highest BCUT2D eigenvalue weighted by Gasteiger charge is 2.44. The van der Waals surface area contributed by atoms with Crippen LogP contribution in [0.25, 0.3) is 0 Å². The van der Waals surface area contributed by atoms with Gasteiger partial charge in [-0.25, -0.2) is 0 Å². The molecule has 1 saturated heterocycles. The predicted molar refractivity (Wildman–Crippen MR) is 106 cm³/mol. The SMILES string of the molecule is COc1ccc(C(=O)C(=O)c2ccc(O[C@@H]3O[C@H](CO)[C@@H](O)[C@H](O)[C@H]3O)cc2O)cc1O. The number of hydrogen-bond acceptors (Lipinski definition) is 11. The molecule has 5 atom stereocenters. The molecule has 11 heteroatoms. The molecule has 172 valence electrons. The van der Waals surface area contributed by atoms with Crippen LogP contribution >= 0.6 is 0 Å². The fourth-order valence-corrected chi connectivity index (χ4v) is 3.16. The van der Waals surface area contributed by atoms with Crippen molar-refractivity contribution in [3.05, 3.63) is 47.5 Å².